The number of aryl methyl sites for hydroxylation is 1. The Labute approximate surface area is 156 Å². The first kappa shape index (κ1) is 18.3. The van der Waals surface area contributed by atoms with Crippen LogP contribution < -0.4 is 10.2 Å². The fourth-order valence-corrected chi connectivity index (χ4v) is 3.39. The van der Waals surface area contributed by atoms with Gasteiger partial charge in [0.25, 0.3) is 0 Å². The minimum Gasteiger partial charge on any atom is -0.372 e. The van der Waals surface area contributed by atoms with Crippen molar-refractivity contribution in [3.63, 3.8) is 0 Å². The zero-order valence-electron chi connectivity index (χ0n) is 16.2. The average Bonchev–Trinajstić information content (AvgIpc) is 3.02. The van der Waals surface area contributed by atoms with Gasteiger partial charge in [-0.3, -0.25) is 0 Å². The van der Waals surface area contributed by atoms with Crippen LogP contribution in [0, 0.1) is 0 Å². The molecule has 0 aliphatic heterocycles. The summed E-state index contributed by atoms with van der Waals surface area (Å²) in [6, 6.07) is 17.0. The highest BCUT2D eigenvalue weighted by molar-refractivity contribution is 5.79. The van der Waals surface area contributed by atoms with Gasteiger partial charge in [-0.2, -0.15) is 0 Å². The maximum absolute atomic E-state index is 4.82. The van der Waals surface area contributed by atoms with E-state index in [2.05, 4.69) is 78.0 Å². The molecule has 0 bridgehead atoms. The molecule has 0 amide bonds. The largest absolute Gasteiger partial charge is 0.372 e. The average molecular weight is 351 g/mol. The molecule has 0 spiro atoms. The standard InChI is InChI=1S/C22H30N4/c1-4-7-10-17-26-21-12-9-8-11-20(21)24-22(26)23-18-13-15-19(16-14-18)25(5-2)6-3/h8-9,11-16H,4-7,10,17H2,1-3H3,(H,23,24). The molecule has 0 atom stereocenters. The van der Waals surface area contributed by atoms with Gasteiger partial charge in [0.1, 0.15) is 0 Å². The molecule has 1 aromatic heterocycles. The van der Waals surface area contributed by atoms with Gasteiger partial charge in [-0.25, -0.2) is 4.98 Å². The molecular weight excluding hydrogens is 320 g/mol. The van der Waals surface area contributed by atoms with E-state index < -0.39 is 0 Å². The van der Waals surface area contributed by atoms with Crippen molar-refractivity contribution in [2.24, 2.45) is 0 Å². The summed E-state index contributed by atoms with van der Waals surface area (Å²) < 4.78 is 2.31. The lowest BCUT2D eigenvalue weighted by molar-refractivity contribution is 0.618. The minimum absolute atomic E-state index is 0.929. The third kappa shape index (κ3) is 4.01. The summed E-state index contributed by atoms with van der Waals surface area (Å²) in [6.45, 7) is 9.66. The zero-order chi connectivity index (χ0) is 18.4. The molecule has 0 saturated carbocycles. The number of benzene rings is 2. The summed E-state index contributed by atoms with van der Waals surface area (Å²) in [5.41, 5.74) is 4.59. The Morgan fingerprint density at radius 1 is 0.923 bits per heavy atom. The summed E-state index contributed by atoms with van der Waals surface area (Å²) >= 11 is 0. The van der Waals surface area contributed by atoms with E-state index in [4.69, 9.17) is 4.98 Å². The van der Waals surface area contributed by atoms with Gasteiger partial charge in [0.2, 0.25) is 5.95 Å². The summed E-state index contributed by atoms with van der Waals surface area (Å²) in [7, 11) is 0. The predicted molar refractivity (Wildman–Crippen MR) is 113 cm³/mol. The second-order valence-corrected chi connectivity index (χ2v) is 6.63. The van der Waals surface area contributed by atoms with Crippen molar-refractivity contribution in [2.75, 3.05) is 23.3 Å². The van der Waals surface area contributed by atoms with E-state index in [1.165, 1.54) is 30.5 Å². The molecule has 4 nitrogen and oxygen atoms in total. The zero-order valence-corrected chi connectivity index (χ0v) is 16.2. The second-order valence-electron chi connectivity index (χ2n) is 6.63. The molecule has 0 aliphatic rings. The highest BCUT2D eigenvalue weighted by Crippen LogP contribution is 2.25. The first-order chi connectivity index (χ1) is 12.8. The maximum atomic E-state index is 4.82. The van der Waals surface area contributed by atoms with Crippen molar-refractivity contribution in [3.05, 3.63) is 48.5 Å². The van der Waals surface area contributed by atoms with Gasteiger partial charge < -0.3 is 14.8 Å². The molecule has 3 aromatic rings. The number of hydrogen-bond acceptors (Lipinski definition) is 3. The van der Waals surface area contributed by atoms with E-state index in [1.54, 1.807) is 0 Å². The summed E-state index contributed by atoms with van der Waals surface area (Å²) in [6.07, 6.45) is 3.64. The number of hydrogen-bond donors (Lipinski definition) is 1. The molecule has 2 aromatic carbocycles. The van der Waals surface area contributed by atoms with E-state index in [0.717, 1.165) is 36.8 Å². The van der Waals surface area contributed by atoms with Gasteiger partial charge in [-0.1, -0.05) is 31.9 Å². The topological polar surface area (TPSA) is 33.1 Å². The van der Waals surface area contributed by atoms with Crippen molar-refractivity contribution >= 4 is 28.4 Å². The second kappa shape index (κ2) is 8.75. The Morgan fingerprint density at radius 3 is 2.35 bits per heavy atom. The smallest absolute Gasteiger partial charge is 0.208 e. The third-order valence-corrected chi connectivity index (χ3v) is 4.89. The summed E-state index contributed by atoms with van der Waals surface area (Å²) in [5, 5.41) is 3.52. The van der Waals surface area contributed by atoms with Gasteiger partial charge in [-0.15, -0.1) is 0 Å². The number of nitrogens with zero attached hydrogens (tertiary/aromatic N) is 3. The lowest BCUT2D eigenvalue weighted by atomic mass is 10.2. The fourth-order valence-electron chi connectivity index (χ4n) is 3.39. The van der Waals surface area contributed by atoms with Crippen molar-refractivity contribution in [3.8, 4) is 0 Å². The van der Waals surface area contributed by atoms with Crippen molar-refractivity contribution in [2.45, 2.75) is 46.6 Å². The fraction of sp³-hybridized carbons (Fsp3) is 0.409. The molecule has 1 heterocycles. The van der Waals surface area contributed by atoms with Gasteiger partial charge in [-0.05, 0) is 56.7 Å². The normalized spacial score (nSPS) is 11.0. The molecule has 0 aliphatic carbocycles. The first-order valence-corrected chi connectivity index (χ1v) is 9.84. The predicted octanol–water partition coefficient (Wildman–Crippen LogP) is 5.82. The summed E-state index contributed by atoms with van der Waals surface area (Å²) in [5.74, 6) is 0.929. The molecular formula is C22H30N4. The van der Waals surface area contributed by atoms with E-state index in [9.17, 15) is 0 Å². The molecule has 1 N–H and O–H groups in total. The number of fused-ring (bicyclic) bond motifs is 1. The van der Waals surface area contributed by atoms with Crippen molar-refractivity contribution < 1.29 is 0 Å². The van der Waals surface area contributed by atoms with Crippen LogP contribution >= 0.6 is 0 Å². The minimum atomic E-state index is 0.929. The first-order valence-electron chi connectivity index (χ1n) is 9.84. The Balaban J connectivity index is 1.84. The van der Waals surface area contributed by atoms with Gasteiger partial charge in [0.05, 0.1) is 11.0 Å². The van der Waals surface area contributed by atoms with Crippen molar-refractivity contribution in [1.82, 2.24) is 9.55 Å². The van der Waals surface area contributed by atoms with E-state index in [0.29, 0.717) is 0 Å². The monoisotopic (exact) mass is 350 g/mol. The number of imidazole rings is 1. The molecule has 3 rings (SSSR count). The molecule has 0 unspecified atom stereocenters. The molecule has 0 radical (unpaired) electrons. The number of rotatable bonds is 9. The van der Waals surface area contributed by atoms with Crippen molar-refractivity contribution in [1.29, 1.82) is 0 Å². The number of nitrogens with one attached hydrogen (secondary N) is 1. The van der Waals surface area contributed by atoms with E-state index >= 15 is 0 Å². The quantitative estimate of drug-likeness (QED) is 0.494. The van der Waals surface area contributed by atoms with Gasteiger partial charge in [0.15, 0.2) is 0 Å². The van der Waals surface area contributed by atoms with Gasteiger partial charge in [0, 0.05) is 31.0 Å². The highest BCUT2D eigenvalue weighted by atomic mass is 15.2. The van der Waals surface area contributed by atoms with Crippen LogP contribution in [0.3, 0.4) is 0 Å². The summed E-state index contributed by atoms with van der Waals surface area (Å²) in [4.78, 5) is 7.17. The van der Waals surface area contributed by atoms with Crippen LogP contribution in [0.1, 0.15) is 40.0 Å². The maximum Gasteiger partial charge on any atom is 0.208 e. The van der Waals surface area contributed by atoms with Crippen LogP contribution in [0.4, 0.5) is 17.3 Å². The molecule has 138 valence electrons. The molecule has 26 heavy (non-hydrogen) atoms. The van der Waals surface area contributed by atoms with Crippen LogP contribution in [0.15, 0.2) is 48.5 Å². The molecule has 0 fully saturated rings. The number of aromatic nitrogens is 2. The highest BCUT2D eigenvalue weighted by Gasteiger charge is 2.10. The molecule has 0 saturated heterocycles. The third-order valence-electron chi connectivity index (χ3n) is 4.89. The van der Waals surface area contributed by atoms with E-state index in [-0.39, 0.29) is 0 Å². The Hall–Kier alpha value is -2.49. The van der Waals surface area contributed by atoms with E-state index in [1.807, 2.05) is 6.07 Å². The van der Waals surface area contributed by atoms with Crippen LogP contribution in [0.25, 0.3) is 11.0 Å². The Bertz CT molecular complexity index is 816. The lowest BCUT2D eigenvalue weighted by Gasteiger charge is -2.21. The molecule has 4 heteroatoms. The van der Waals surface area contributed by atoms with Crippen LogP contribution in [-0.2, 0) is 6.54 Å². The SMILES string of the molecule is CCCCCn1c(Nc2ccc(N(CC)CC)cc2)nc2ccccc21. The van der Waals surface area contributed by atoms with Crippen LogP contribution in [0.2, 0.25) is 0 Å². The van der Waals surface area contributed by atoms with Crippen LogP contribution in [0.5, 0.6) is 0 Å². The number of para-hydroxylation sites is 2. The van der Waals surface area contributed by atoms with Gasteiger partial charge >= 0.3 is 0 Å². The Morgan fingerprint density at radius 2 is 1.65 bits per heavy atom. The number of unbranched alkanes of at least 4 members (excludes halogenated alkanes) is 2. The lowest BCUT2D eigenvalue weighted by Crippen LogP contribution is -2.21. The van der Waals surface area contributed by atoms with Crippen LogP contribution in [-0.4, -0.2) is 22.6 Å². The number of anilines is 3. The Kier molecular flexibility index (Phi) is 6.16.